The number of piperidine rings is 1. The first-order valence-electron chi connectivity index (χ1n) is 8.43. The molecular formula is C18H23BrN2O2S. The number of rotatable bonds is 2. The maximum absolute atomic E-state index is 13.0. The van der Waals surface area contributed by atoms with Crippen LogP contribution in [-0.2, 0) is 4.79 Å². The van der Waals surface area contributed by atoms with E-state index in [2.05, 4.69) is 15.9 Å². The fourth-order valence-electron chi connectivity index (χ4n) is 3.50. The summed E-state index contributed by atoms with van der Waals surface area (Å²) in [6.45, 7) is 6.17. The van der Waals surface area contributed by atoms with Crippen LogP contribution >= 0.6 is 27.7 Å². The van der Waals surface area contributed by atoms with E-state index in [1.54, 1.807) is 0 Å². The summed E-state index contributed by atoms with van der Waals surface area (Å²) < 4.78 is 0.977. The number of thioether (sulfide) groups is 1. The molecule has 6 heteroatoms. The number of hydrogen-bond acceptors (Lipinski definition) is 3. The Morgan fingerprint density at radius 3 is 2.33 bits per heavy atom. The number of hydrogen-bond donors (Lipinski definition) is 0. The first kappa shape index (κ1) is 17.8. The van der Waals surface area contributed by atoms with Crippen molar-refractivity contribution in [3.8, 4) is 0 Å². The molecule has 2 aliphatic heterocycles. The predicted octanol–water partition coefficient (Wildman–Crippen LogP) is 3.61. The molecule has 1 spiro atoms. The molecule has 0 aliphatic carbocycles. The Morgan fingerprint density at radius 1 is 1.12 bits per heavy atom. The second kappa shape index (κ2) is 7.08. The number of benzene rings is 1. The molecule has 2 fully saturated rings. The molecule has 2 saturated heterocycles. The number of carbonyl (C=O) groups excluding carboxylic acids is 2. The van der Waals surface area contributed by atoms with Crippen LogP contribution in [-0.4, -0.2) is 51.9 Å². The fraction of sp³-hybridized carbons (Fsp3) is 0.556. The number of likely N-dealkylation sites (tertiary alicyclic amines) is 1. The van der Waals surface area contributed by atoms with Crippen molar-refractivity contribution in [2.24, 2.45) is 5.92 Å². The lowest BCUT2D eigenvalue weighted by atomic mass is 9.99. The molecule has 1 aromatic carbocycles. The van der Waals surface area contributed by atoms with Crippen LogP contribution < -0.4 is 0 Å². The lowest BCUT2D eigenvalue weighted by Crippen LogP contribution is -2.54. The van der Waals surface area contributed by atoms with Gasteiger partial charge in [0.1, 0.15) is 0 Å². The van der Waals surface area contributed by atoms with Crippen molar-refractivity contribution >= 4 is 39.5 Å². The highest BCUT2D eigenvalue weighted by Gasteiger charge is 2.47. The lowest BCUT2D eigenvalue weighted by Gasteiger charge is -2.44. The van der Waals surface area contributed by atoms with Crippen LogP contribution in [0.5, 0.6) is 0 Å². The van der Waals surface area contributed by atoms with E-state index in [1.165, 1.54) is 0 Å². The topological polar surface area (TPSA) is 40.6 Å². The Hall–Kier alpha value is -1.01. The summed E-state index contributed by atoms with van der Waals surface area (Å²) in [6, 6.07) is 7.57. The summed E-state index contributed by atoms with van der Waals surface area (Å²) in [5.74, 6) is 1.34. The third kappa shape index (κ3) is 3.36. The maximum atomic E-state index is 13.0. The number of amides is 2. The van der Waals surface area contributed by atoms with Crippen molar-refractivity contribution in [3.05, 3.63) is 34.3 Å². The molecule has 1 aromatic rings. The first-order chi connectivity index (χ1) is 11.4. The molecular weight excluding hydrogens is 388 g/mol. The summed E-state index contributed by atoms with van der Waals surface area (Å²) in [6.07, 6.45) is 1.72. The van der Waals surface area contributed by atoms with Gasteiger partial charge in [-0.25, -0.2) is 0 Å². The Bertz CT molecular complexity index is 624. The molecule has 2 aliphatic rings. The average molecular weight is 411 g/mol. The minimum Gasteiger partial charge on any atom is -0.342 e. The smallest absolute Gasteiger partial charge is 0.254 e. The van der Waals surface area contributed by atoms with E-state index < -0.39 is 0 Å². The van der Waals surface area contributed by atoms with Crippen LogP contribution in [0.3, 0.4) is 0 Å². The monoisotopic (exact) mass is 410 g/mol. The normalized spacial score (nSPS) is 20.0. The Labute approximate surface area is 156 Å². The largest absolute Gasteiger partial charge is 0.342 e. The van der Waals surface area contributed by atoms with Crippen molar-refractivity contribution in [2.75, 3.05) is 25.4 Å². The second-order valence-corrected chi connectivity index (χ2v) is 9.11. The van der Waals surface area contributed by atoms with Gasteiger partial charge < -0.3 is 9.80 Å². The van der Waals surface area contributed by atoms with Crippen molar-refractivity contribution in [1.29, 1.82) is 0 Å². The van der Waals surface area contributed by atoms with E-state index in [9.17, 15) is 9.59 Å². The van der Waals surface area contributed by atoms with E-state index in [4.69, 9.17) is 0 Å². The molecule has 130 valence electrons. The number of carbonyl (C=O) groups is 2. The Morgan fingerprint density at radius 2 is 1.75 bits per heavy atom. The van der Waals surface area contributed by atoms with Crippen molar-refractivity contribution < 1.29 is 9.59 Å². The van der Waals surface area contributed by atoms with Crippen LogP contribution in [0.1, 0.15) is 37.0 Å². The SMILES string of the molecule is CC(C)C(=O)N1CCC2(CC1)SCCN2C(=O)c1ccc(Br)cc1. The number of halogens is 1. The summed E-state index contributed by atoms with van der Waals surface area (Å²) in [5.41, 5.74) is 0.737. The minimum absolute atomic E-state index is 0.0378. The zero-order chi connectivity index (χ0) is 17.3. The zero-order valence-corrected chi connectivity index (χ0v) is 16.5. The molecule has 4 nitrogen and oxygen atoms in total. The molecule has 0 unspecified atom stereocenters. The molecule has 0 bridgehead atoms. The fourth-order valence-corrected chi connectivity index (χ4v) is 5.22. The molecule has 0 N–H and O–H groups in total. The van der Waals surface area contributed by atoms with Crippen LogP contribution in [0.15, 0.2) is 28.7 Å². The zero-order valence-electron chi connectivity index (χ0n) is 14.1. The van der Waals surface area contributed by atoms with Gasteiger partial charge in [-0.15, -0.1) is 11.8 Å². The molecule has 2 amide bonds. The van der Waals surface area contributed by atoms with Crippen LogP contribution in [0, 0.1) is 5.92 Å². The second-order valence-electron chi connectivity index (χ2n) is 6.74. The van der Waals surface area contributed by atoms with Crippen molar-refractivity contribution in [3.63, 3.8) is 0 Å². The molecule has 0 saturated carbocycles. The van der Waals surface area contributed by atoms with E-state index in [-0.39, 0.29) is 22.6 Å². The van der Waals surface area contributed by atoms with Gasteiger partial charge in [0.15, 0.2) is 0 Å². The molecule has 0 radical (unpaired) electrons. The van der Waals surface area contributed by atoms with E-state index in [1.807, 2.05) is 59.7 Å². The van der Waals surface area contributed by atoms with Gasteiger partial charge in [0, 0.05) is 41.3 Å². The highest BCUT2D eigenvalue weighted by Crippen LogP contribution is 2.44. The van der Waals surface area contributed by atoms with E-state index in [0.717, 1.165) is 48.3 Å². The van der Waals surface area contributed by atoms with Gasteiger partial charge in [-0.05, 0) is 37.1 Å². The van der Waals surface area contributed by atoms with Gasteiger partial charge in [-0.2, -0.15) is 0 Å². The van der Waals surface area contributed by atoms with Gasteiger partial charge in [0.25, 0.3) is 5.91 Å². The standard InChI is InChI=1S/C18H23BrN2O2S/c1-13(2)16(22)20-9-7-18(8-10-20)21(11-12-24-18)17(23)14-3-5-15(19)6-4-14/h3-6,13H,7-12H2,1-2H3. The lowest BCUT2D eigenvalue weighted by molar-refractivity contribution is -0.136. The minimum atomic E-state index is -0.141. The number of nitrogens with zero attached hydrogens (tertiary/aromatic N) is 2. The third-order valence-electron chi connectivity index (χ3n) is 4.86. The van der Waals surface area contributed by atoms with Crippen molar-refractivity contribution in [1.82, 2.24) is 9.80 Å². The van der Waals surface area contributed by atoms with Crippen LogP contribution in [0.2, 0.25) is 0 Å². The molecule has 0 atom stereocenters. The van der Waals surface area contributed by atoms with Crippen LogP contribution in [0.4, 0.5) is 0 Å². The van der Waals surface area contributed by atoms with Gasteiger partial charge >= 0.3 is 0 Å². The summed E-state index contributed by atoms with van der Waals surface area (Å²) in [5, 5.41) is 0. The van der Waals surface area contributed by atoms with Crippen LogP contribution in [0.25, 0.3) is 0 Å². The average Bonchev–Trinajstić information content (AvgIpc) is 2.98. The highest BCUT2D eigenvalue weighted by molar-refractivity contribution is 9.10. The summed E-state index contributed by atoms with van der Waals surface area (Å²) in [7, 11) is 0. The molecule has 2 heterocycles. The van der Waals surface area contributed by atoms with E-state index >= 15 is 0 Å². The Kier molecular flexibility index (Phi) is 5.25. The van der Waals surface area contributed by atoms with E-state index in [0.29, 0.717) is 0 Å². The molecule has 24 heavy (non-hydrogen) atoms. The van der Waals surface area contributed by atoms with Gasteiger partial charge in [0.2, 0.25) is 5.91 Å². The Balaban J connectivity index is 1.73. The summed E-state index contributed by atoms with van der Waals surface area (Å²) >= 11 is 5.29. The molecule has 3 rings (SSSR count). The predicted molar refractivity (Wildman–Crippen MR) is 101 cm³/mol. The summed E-state index contributed by atoms with van der Waals surface area (Å²) in [4.78, 5) is 29.0. The van der Waals surface area contributed by atoms with Crippen molar-refractivity contribution in [2.45, 2.75) is 31.6 Å². The van der Waals surface area contributed by atoms with Gasteiger partial charge in [-0.3, -0.25) is 9.59 Å². The quantitative estimate of drug-likeness (QED) is 0.747. The van der Waals surface area contributed by atoms with Gasteiger partial charge in [0.05, 0.1) is 4.87 Å². The maximum Gasteiger partial charge on any atom is 0.254 e. The third-order valence-corrected chi connectivity index (χ3v) is 6.95. The first-order valence-corrected chi connectivity index (χ1v) is 10.2. The van der Waals surface area contributed by atoms with Gasteiger partial charge in [-0.1, -0.05) is 29.8 Å². The highest BCUT2D eigenvalue weighted by atomic mass is 79.9. The molecule has 0 aromatic heterocycles.